The maximum absolute atomic E-state index is 5.92. The van der Waals surface area contributed by atoms with E-state index >= 15 is 0 Å². The Kier molecular flexibility index (Phi) is 25.9. The van der Waals surface area contributed by atoms with Crippen molar-refractivity contribution in [1.29, 1.82) is 0 Å². The van der Waals surface area contributed by atoms with Crippen LogP contribution in [0.25, 0.3) is 0 Å². The van der Waals surface area contributed by atoms with Crippen molar-refractivity contribution in [2.24, 2.45) is 0 Å². The lowest BCUT2D eigenvalue weighted by atomic mass is 10.0. The quantitative estimate of drug-likeness (QED) is 0.0335. The molecule has 7 heteroatoms. The van der Waals surface area contributed by atoms with Crippen LogP contribution in [0.15, 0.2) is 72.8 Å². The molecule has 0 aliphatic heterocycles. The van der Waals surface area contributed by atoms with Gasteiger partial charge in [-0.2, -0.15) is 0 Å². The fourth-order valence-electron chi connectivity index (χ4n) is 8.17. The van der Waals surface area contributed by atoms with E-state index in [2.05, 4.69) is 79.7 Å². The summed E-state index contributed by atoms with van der Waals surface area (Å²) in [6, 6.07) is 27.8. The Balaban J connectivity index is 1.55. The Labute approximate surface area is 356 Å². The Morgan fingerprint density at radius 2 is 0.655 bits per heavy atom. The van der Waals surface area contributed by atoms with E-state index in [0.29, 0.717) is 39.6 Å². The molecule has 0 saturated carbocycles. The van der Waals surface area contributed by atoms with E-state index in [1.54, 1.807) is 0 Å². The van der Waals surface area contributed by atoms with E-state index in [-0.39, 0.29) is 0 Å². The van der Waals surface area contributed by atoms with Crippen LogP contribution in [0.4, 0.5) is 0 Å². The molecular formula is C51H81O6P. The van der Waals surface area contributed by atoms with Crippen molar-refractivity contribution in [3.8, 4) is 0 Å². The first-order valence-electron chi connectivity index (χ1n) is 23.3. The van der Waals surface area contributed by atoms with Crippen LogP contribution in [-0.2, 0) is 41.3 Å². The molecule has 3 aromatic carbocycles. The molecule has 58 heavy (non-hydrogen) atoms. The van der Waals surface area contributed by atoms with Crippen molar-refractivity contribution >= 4 is 23.8 Å². The van der Waals surface area contributed by atoms with E-state index < -0.39 is 19.9 Å². The fraction of sp³-hybridized carbons (Fsp3) is 0.647. The molecule has 0 N–H and O–H groups in total. The maximum atomic E-state index is 5.92. The molecule has 6 nitrogen and oxygen atoms in total. The smallest absolute Gasteiger partial charge is 0.282 e. The lowest BCUT2D eigenvalue weighted by Crippen LogP contribution is -2.39. The summed E-state index contributed by atoms with van der Waals surface area (Å²) in [5.74, 6) is -1.75. The highest BCUT2D eigenvalue weighted by molar-refractivity contribution is 7.80. The minimum atomic E-state index is -0.876. The predicted molar refractivity (Wildman–Crippen MR) is 246 cm³/mol. The van der Waals surface area contributed by atoms with E-state index in [1.165, 1.54) is 110 Å². The van der Waals surface area contributed by atoms with Gasteiger partial charge in [0.1, 0.15) is 0 Å². The summed E-state index contributed by atoms with van der Waals surface area (Å²) >= 11 is 0. The van der Waals surface area contributed by atoms with Crippen LogP contribution >= 0.6 is 7.92 Å². The predicted octanol–water partition coefficient (Wildman–Crippen LogP) is 12.6. The fourth-order valence-corrected chi connectivity index (χ4v) is 11.0. The zero-order chi connectivity index (χ0) is 41.7. The highest BCUT2D eigenvalue weighted by Crippen LogP contribution is 2.37. The number of ether oxygens (including phenoxy) is 6. The molecule has 3 rings (SSSR count). The van der Waals surface area contributed by atoms with Gasteiger partial charge >= 0.3 is 0 Å². The van der Waals surface area contributed by atoms with Gasteiger partial charge < -0.3 is 28.4 Å². The normalized spacial score (nSPS) is 12.2. The largest absolute Gasteiger partial charge is 0.328 e. The van der Waals surface area contributed by atoms with Crippen molar-refractivity contribution in [2.45, 2.75) is 176 Å². The van der Waals surface area contributed by atoms with Crippen molar-refractivity contribution in [3.05, 3.63) is 89.5 Å². The van der Waals surface area contributed by atoms with Gasteiger partial charge in [-0.15, -0.1) is 0 Å². The Morgan fingerprint density at radius 3 is 1.00 bits per heavy atom. The number of rotatable bonds is 35. The molecule has 0 saturated heterocycles. The van der Waals surface area contributed by atoms with Crippen LogP contribution in [0, 0.1) is 6.92 Å². The van der Waals surface area contributed by atoms with Gasteiger partial charge in [0.15, 0.2) is 0 Å². The summed E-state index contributed by atoms with van der Waals surface area (Å²) in [5.41, 5.74) is 4.43. The SMILES string of the molecule is CCOC(CCCCCCCCCc1ccccc1P(c1ccccc1C)c1ccccc1CCCCCCCCCC(OCC)(OCC)OCC)(OCC)OCC. The molecule has 0 aliphatic carbocycles. The zero-order valence-electron chi connectivity index (χ0n) is 37.8. The van der Waals surface area contributed by atoms with Gasteiger partial charge in [-0.05, 0) is 128 Å². The molecule has 0 heterocycles. The molecule has 0 unspecified atom stereocenters. The summed E-state index contributed by atoms with van der Waals surface area (Å²) in [4.78, 5) is 0. The molecular weight excluding hydrogens is 740 g/mol. The molecule has 0 fully saturated rings. The Bertz CT molecular complexity index is 1360. The van der Waals surface area contributed by atoms with Crippen molar-refractivity contribution in [3.63, 3.8) is 0 Å². The minimum absolute atomic E-state index is 0.591. The molecule has 0 amide bonds. The second-order valence-corrected chi connectivity index (χ2v) is 17.4. The molecule has 0 atom stereocenters. The summed E-state index contributed by atoms with van der Waals surface area (Å²) in [5, 5.41) is 4.55. The maximum Gasteiger partial charge on any atom is 0.282 e. The minimum Gasteiger partial charge on any atom is -0.328 e. The lowest BCUT2D eigenvalue weighted by Gasteiger charge is -2.32. The van der Waals surface area contributed by atoms with Crippen LogP contribution in [0.5, 0.6) is 0 Å². The summed E-state index contributed by atoms with van der Waals surface area (Å²) in [6.07, 6.45) is 20.9. The number of benzene rings is 3. The highest BCUT2D eigenvalue weighted by atomic mass is 31.1. The van der Waals surface area contributed by atoms with Crippen molar-refractivity contribution in [2.75, 3.05) is 39.6 Å². The van der Waals surface area contributed by atoms with Gasteiger partial charge in [-0.1, -0.05) is 137 Å². The van der Waals surface area contributed by atoms with Gasteiger partial charge in [0, 0.05) is 52.5 Å². The third kappa shape index (κ3) is 17.4. The van der Waals surface area contributed by atoms with Crippen LogP contribution in [-0.4, -0.2) is 51.6 Å². The van der Waals surface area contributed by atoms with E-state index in [1.807, 2.05) is 41.5 Å². The summed E-state index contributed by atoms with van der Waals surface area (Å²) < 4.78 is 35.5. The molecule has 0 bridgehead atoms. The Hall–Kier alpha value is -2.15. The van der Waals surface area contributed by atoms with Crippen LogP contribution in [0.2, 0.25) is 0 Å². The molecule has 0 radical (unpaired) electrons. The standard InChI is InChI=1S/C51H81O6P/c1-8-52-50(53-9-2,54-10-3)42-32-22-18-14-16-20-24-35-45-37-27-30-40-48(45)58(47-39-29-26-34-44(47)7)49-41-31-28-38-46(49)36-25-21-17-15-19-23-33-43-51(55-11-4,56-12-5)57-13-6/h26-31,34,37-41H,8-25,32-33,35-36,42-43H2,1-7H3. The highest BCUT2D eigenvalue weighted by Gasteiger charge is 2.32. The molecule has 3 aromatic rings. The number of aryl methyl sites for hydroxylation is 3. The van der Waals surface area contributed by atoms with Crippen LogP contribution < -0.4 is 15.9 Å². The van der Waals surface area contributed by atoms with Gasteiger partial charge in [-0.3, -0.25) is 0 Å². The molecule has 326 valence electrons. The van der Waals surface area contributed by atoms with Crippen molar-refractivity contribution in [1.82, 2.24) is 0 Å². The number of hydrogen-bond donors (Lipinski definition) is 0. The molecule has 0 aliphatic rings. The average molecular weight is 821 g/mol. The van der Waals surface area contributed by atoms with Gasteiger partial charge in [0.2, 0.25) is 0 Å². The third-order valence-corrected chi connectivity index (χ3v) is 13.7. The second kappa shape index (κ2) is 30.0. The van der Waals surface area contributed by atoms with Crippen molar-refractivity contribution < 1.29 is 28.4 Å². The first-order valence-corrected chi connectivity index (χ1v) is 24.6. The molecule has 0 spiro atoms. The van der Waals surface area contributed by atoms with E-state index in [4.69, 9.17) is 28.4 Å². The van der Waals surface area contributed by atoms with Gasteiger partial charge in [-0.25, -0.2) is 0 Å². The zero-order valence-corrected chi connectivity index (χ0v) is 38.7. The van der Waals surface area contributed by atoms with E-state index in [0.717, 1.165) is 38.5 Å². The van der Waals surface area contributed by atoms with Crippen LogP contribution in [0.3, 0.4) is 0 Å². The molecule has 0 aromatic heterocycles. The van der Waals surface area contributed by atoms with Gasteiger partial charge in [0.05, 0.1) is 0 Å². The first-order chi connectivity index (χ1) is 28.4. The Morgan fingerprint density at radius 1 is 0.362 bits per heavy atom. The summed E-state index contributed by atoms with van der Waals surface area (Å²) in [6.45, 7) is 17.9. The van der Waals surface area contributed by atoms with Gasteiger partial charge in [0.25, 0.3) is 11.9 Å². The summed E-state index contributed by atoms with van der Waals surface area (Å²) in [7, 11) is -0.676. The topological polar surface area (TPSA) is 55.4 Å². The van der Waals surface area contributed by atoms with E-state index in [9.17, 15) is 0 Å². The average Bonchev–Trinajstić information content (AvgIpc) is 3.22. The number of hydrogen-bond acceptors (Lipinski definition) is 6. The monoisotopic (exact) mass is 821 g/mol. The third-order valence-electron chi connectivity index (χ3n) is 10.9. The second-order valence-electron chi connectivity index (χ2n) is 15.3. The number of unbranched alkanes of at least 4 members (excludes halogenated alkanes) is 12. The first kappa shape index (κ1) is 50.2. The lowest BCUT2D eigenvalue weighted by molar-refractivity contribution is -0.380. The van der Waals surface area contributed by atoms with Crippen LogP contribution in [0.1, 0.15) is 161 Å².